The Bertz CT molecular complexity index is 6150. The number of rotatable bonds is 28. The minimum absolute atomic E-state index is 0.0236. The molecule has 884 valence electrons. The lowest BCUT2D eigenvalue weighted by molar-refractivity contribution is 0.0600. The Hall–Kier alpha value is 1.96. The maximum atomic E-state index is 15.2. The summed E-state index contributed by atoms with van der Waals surface area (Å²) in [5.41, 5.74) is 0. The Morgan fingerprint density at radius 3 is 0.846 bits per heavy atom. The van der Waals surface area contributed by atoms with Crippen molar-refractivity contribution in [3.63, 3.8) is 0 Å². The van der Waals surface area contributed by atoms with E-state index in [2.05, 4.69) is 103 Å². The molecule has 12 heterocycles. The molecular formula is C52H118F36N36OP24. The fourth-order valence-corrected chi connectivity index (χ4v) is 68.3. The van der Waals surface area contributed by atoms with Crippen LogP contribution in [0.15, 0.2) is 134 Å². The zero-order valence-electron chi connectivity index (χ0n) is 82.4. The van der Waals surface area contributed by atoms with Crippen molar-refractivity contribution in [2.75, 3.05) is 162 Å². The van der Waals surface area contributed by atoms with Crippen LogP contribution in [0, 0.1) is 0 Å². The van der Waals surface area contributed by atoms with Crippen LogP contribution in [0.25, 0.3) is 0 Å². The van der Waals surface area contributed by atoms with Crippen LogP contribution in [0.1, 0.15) is 146 Å². The van der Waals surface area contributed by atoms with E-state index in [9.17, 15) is 147 Å². The number of hydrogen-bond acceptors (Lipinski definition) is 37. The van der Waals surface area contributed by atoms with Gasteiger partial charge in [-0.25, -0.2) is 56.0 Å². The highest BCUT2D eigenvalue weighted by Gasteiger charge is 2.53. The van der Waals surface area contributed by atoms with Crippen LogP contribution in [-0.4, -0.2) is 230 Å². The van der Waals surface area contributed by atoms with E-state index < -0.39 is 192 Å². The Kier molecular flexibility index (Phi) is 54.2. The fourth-order valence-electron chi connectivity index (χ4n) is 12.2. The second kappa shape index (κ2) is 56.4. The van der Waals surface area contributed by atoms with Gasteiger partial charge < -0.3 is 4.74 Å². The second-order valence-corrected chi connectivity index (χ2v) is 79.4. The molecule has 13 unspecified atom stereocenters. The third kappa shape index (κ3) is 42.8. The van der Waals surface area contributed by atoms with Gasteiger partial charge in [0.15, 0.2) is 0 Å². The number of unbranched alkanes of at least 4 members (excludes halogenated alkanes) is 2. The predicted octanol–water partition coefficient (Wildman–Crippen LogP) is 49.3. The zero-order valence-corrected chi connectivity index (χ0v) is 104. The monoisotopic (exact) mass is 2690 g/mol. The van der Waals surface area contributed by atoms with E-state index >= 15 is 4.20 Å². The van der Waals surface area contributed by atoms with E-state index in [0.29, 0.717) is 77.0 Å². The predicted molar refractivity (Wildman–Crippen MR) is 553 cm³/mol. The van der Waals surface area contributed by atoms with Gasteiger partial charge in [0.05, 0.1) is 6.10 Å². The highest BCUT2D eigenvalue weighted by molar-refractivity contribution is 7.84. The summed E-state index contributed by atoms with van der Waals surface area (Å²) in [5.74, 6) is 0. The van der Waals surface area contributed by atoms with Crippen LogP contribution in [0.4, 0.5) is 151 Å². The molecule has 0 amide bonds. The van der Waals surface area contributed by atoms with E-state index in [1.165, 1.54) is 89.7 Å². The molecule has 0 aliphatic carbocycles. The third-order valence-corrected chi connectivity index (χ3v) is 75.6. The summed E-state index contributed by atoms with van der Waals surface area (Å²) in [6, 6.07) is -0.400. The first kappa shape index (κ1) is 143. The van der Waals surface area contributed by atoms with Gasteiger partial charge in [0.1, 0.15) is 0 Å². The summed E-state index contributed by atoms with van der Waals surface area (Å²) < 4.78 is 571. The SMILES string of the molecule is C=C.CC1CCCCN1P1(F)=NP(F)(F)=NP(F)(F)=N1.CCCCN(CCCC)P1(F)=NP(F)(F)=NP(F)(F)=N1.CCCN(C)P1(F)=NP(F)(N(CCC)CCC)=NP(F)(F)=N1.CCN(C)P1(F)=NP(F)(F)=NP(F)(N(C)C)=N1.CCN(C)P1(F)=NP(F)(N(C)C)=NP(F)(N(C)CC)=N1.COC1CCN(P2(F)=NP(F)(F)=NP(F)(F)=N2)CC1.FP1(F)=NP(F)(F)=NP(F)(N2CC=CC2)=N1.FP1(F)=NP(F)(F)=NP(F)(N2CCC2)=N1. The molecule has 37 nitrogen and oxygen atoms in total. The molecule has 0 aromatic carbocycles. The van der Waals surface area contributed by atoms with Crippen molar-refractivity contribution in [2.24, 2.45) is 108 Å². The first-order chi connectivity index (χ1) is 67.6. The Morgan fingerprint density at radius 2 is 0.523 bits per heavy atom. The maximum absolute atomic E-state index is 15.2. The molecule has 0 bridgehead atoms. The number of methoxy groups -OCH3 is 1. The molecule has 0 N–H and O–H groups in total. The third-order valence-electron chi connectivity index (χ3n) is 19.8. The smallest absolute Gasteiger partial charge is 0.381 e. The van der Waals surface area contributed by atoms with Crippen molar-refractivity contribution in [3.05, 3.63) is 25.3 Å². The first-order valence-corrected chi connectivity index (χ1v) is 79.6. The van der Waals surface area contributed by atoms with Crippen molar-refractivity contribution in [3.8, 4) is 0 Å². The highest BCUT2D eigenvalue weighted by Crippen LogP contribution is 2.91. The van der Waals surface area contributed by atoms with Gasteiger partial charge in [0.2, 0.25) is 0 Å². The normalized spacial score (nSPS) is 34.5. The first-order valence-electron chi connectivity index (χ1n) is 43.4. The van der Waals surface area contributed by atoms with Gasteiger partial charge in [-0.1, -0.05) is 86.8 Å². The van der Waals surface area contributed by atoms with Crippen LogP contribution in [-0.2, 0) is 4.74 Å². The number of ether oxygens (including phenoxy) is 1. The lowest BCUT2D eigenvalue weighted by Crippen LogP contribution is -2.33. The zero-order chi connectivity index (χ0) is 115. The van der Waals surface area contributed by atoms with Gasteiger partial charge in [-0.05, 0) is 128 Å². The number of nitrogens with zero attached hydrogens (tertiary/aromatic N) is 36. The summed E-state index contributed by atoms with van der Waals surface area (Å²) >= 11 is 0. The molecule has 3 saturated heterocycles. The topological polar surface area (TPSA) is 345 Å². The lowest BCUT2D eigenvalue weighted by atomic mass is 10.1. The molecule has 0 spiro atoms. The molecule has 0 radical (unpaired) electrons. The molecular weight excluding hydrogens is 2570 g/mol. The quantitative estimate of drug-likeness (QED) is 0.0400. The Morgan fingerprint density at radius 1 is 0.262 bits per heavy atom. The number of hydrogen-bond donors (Lipinski definition) is 0. The van der Waals surface area contributed by atoms with Crippen LogP contribution < -0.4 is 0 Å². The highest BCUT2D eigenvalue weighted by atomic mass is 31.3. The van der Waals surface area contributed by atoms with Crippen LogP contribution in [0.3, 0.4) is 0 Å². The average Bonchev–Trinajstić information content (AvgIpc) is 1.05. The van der Waals surface area contributed by atoms with E-state index in [1.807, 2.05) is 31.9 Å². The molecule has 0 aromatic heterocycles. The molecule has 12 rings (SSSR count). The summed E-state index contributed by atoms with van der Waals surface area (Å²) in [5, 5.41) is 0. The van der Waals surface area contributed by atoms with Crippen LogP contribution in [0.2, 0.25) is 0 Å². The molecule has 0 saturated carbocycles. The van der Waals surface area contributed by atoms with Crippen molar-refractivity contribution in [1.29, 1.82) is 0 Å². The van der Waals surface area contributed by atoms with Crippen molar-refractivity contribution in [2.45, 2.75) is 158 Å². The van der Waals surface area contributed by atoms with Crippen molar-refractivity contribution in [1.82, 2.24) is 56.0 Å². The summed E-state index contributed by atoms with van der Waals surface area (Å²) in [4.78, 5) is 0. The molecule has 0 aromatic rings. The summed E-state index contributed by atoms with van der Waals surface area (Å²) in [6.45, 7) is 23.5. The van der Waals surface area contributed by atoms with Crippen molar-refractivity contribution >= 4 is 186 Å². The summed E-state index contributed by atoms with van der Waals surface area (Å²) in [7, 11) is -107. The molecule has 3 fully saturated rings. The van der Waals surface area contributed by atoms with E-state index in [4.69, 9.17) is 4.74 Å². The van der Waals surface area contributed by atoms with Gasteiger partial charge >= 0.3 is 186 Å². The largest absolute Gasteiger partial charge is 0.424 e. The fraction of sp³-hybridized carbons (Fsp3) is 0.923. The molecule has 97 heteroatoms. The average molecular weight is 2690 g/mol. The van der Waals surface area contributed by atoms with E-state index in [0.717, 1.165) is 48.5 Å². The van der Waals surface area contributed by atoms with E-state index in [-0.39, 0.29) is 104 Å². The van der Waals surface area contributed by atoms with Gasteiger partial charge in [0, 0.05) is 111 Å². The lowest BCUT2D eigenvalue weighted by Gasteiger charge is -2.36. The second-order valence-electron chi connectivity index (χ2n) is 31.7. The maximum Gasteiger partial charge on any atom is 0.424 e. The van der Waals surface area contributed by atoms with Gasteiger partial charge in [-0.2, -0.15) is 72.9 Å². The Balaban J connectivity index is 0.000000354. The Labute approximate surface area is 846 Å². The molecule has 149 heavy (non-hydrogen) atoms. The van der Waals surface area contributed by atoms with Crippen LogP contribution in [0.5, 0.6) is 0 Å². The van der Waals surface area contributed by atoms with Gasteiger partial charge in [0.25, 0.3) is 0 Å². The minimum atomic E-state index is -5.61. The molecule has 12 aliphatic rings. The van der Waals surface area contributed by atoms with Gasteiger partial charge in [-0.3, -0.25) is 0 Å². The minimum Gasteiger partial charge on any atom is -0.381 e. The standard InChI is InChI=1S/C10H24F4N5P3.C8H18F5N4P3.C8H22F3N6P3.C6H12F5N4OP3.C6H12F5N4P3.C5H14F4N5P3.C4H6F5N4P3.C3H6F5N4P3.C2H4/c1-5-8-18(4)21(13)15-20(11,12)16-22(14,17-21)19(9-6-2)10-7-3;1-3-5-7-17(8-6-4-2)20(13)15-18(9,10)14-19(11,12)16-20;1-7-16(5)19(10)12-18(9,15(3)4)13-20(11,14-19)17(6)8-2;1-16-6-2-4-15(5-3-6)19(11)13-17(7,8)12-18(9,10)14-19;1-6-4-2-3-5-15(6)18(11)13-16(7,8)12-17(9,10)14-18;1-5-14(4)17(9)11-15(6,7)10-16(8,12-17)13(2)3;5-14(6)10-15(7,8)12-16(9,11-14)13-3-1-2-4-13;4-13(5)9-14(6,7)11-15(8,10-13)12-2-1-3-12;1-2/h5-10H2,1-4H3;3-8H2,1-2H3;7-8H2,1-6H3;6H,2-5H2,1H3;6H,2-5H2,1H3;5H2,1-4H3;1-2H,3-4H2;1-3H2;1-2H2. The summed E-state index contributed by atoms with van der Waals surface area (Å²) in [6.07, 6.45) is 10.2. The van der Waals surface area contributed by atoms with Crippen molar-refractivity contribution < 1.29 is 156 Å². The number of halogens is 36. The number of piperidine rings is 2. The molecule has 12 aliphatic heterocycles. The van der Waals surface area contributed by atoms with E-state index in [1.54, 1.807) is 48.5 Å². The molecule has 13 atom stereocenters. The van der Waals surface area contributed by atoms with Crippen LogP contribution >= 0.6 is 186 Å². The van der Waals surface area contributed by atoms with Gasteiger partial charge in [-0.15, -0.1) is 200 Å².